The van der Waals surface area contributed by atoms with Crippen LogP contribution < -0.4 is 4.74 Å². The number of hydrogen-bond donors (Lipinski definition) is 0. The Balaban J connectivity index is 1.67. The summed E-state index contributed by atoms with van der Waals surface area (Å²) in [6, 6.07) is 10.1. The van der Waals surface area contributed by atoms with Crippen molar-refractivity contribution in [1.82, 2.24) is 14.5 Å². The molecule has 0 saturated heterocycles. The molecular formula is C20H24N4O2S. The Morgan fingerprint density at radius 3 is 2.67 bits per heavy atom. The van der Waals surface area contributed by atoms with Crippen molar-refractivity contribution >= 4 is 17.7 Å². The summed E-state index contributed by atoms with van der Waals surface area (Å²) in [5.41, 5.74) is 0.304. The number of hydrogen-bond acceptors (Lipinski definition) is 5. The molecule has 0 spiro atoms. The zero-order chi connectivity index (χ0) is 19.3. The first-order chi connectivity index (χ1) is 13.1. The van der Waals surface area contributed by atoms with Gasteiger partial charge in [-0.2, -0.15) is 5.26 Å². The number of ether oxygens (including phenoxy) is 1. The van der Waals surface area contributed by atoms with Crippen molar-refractivity contribution < 1.29 is 9.53 Å². The lowest BCUT2D eigenvalue weighted by atomic mass is 9.81. The maximum absolute atomic E-state index is 12.7. The molecule has 0 N–H and O–H groups in total. The summed E-state index contributed by atoms with van der Waals surface area (Å²) >= 11 is 1.39. The highest BCUT2D eigenvalue weighted by molar-refractivity contribution is 7.99. The van der Waals surface area contributed by atoms with Crippen molar-refractivity contribution in [1.29, 1.82) is 5.26 Å². The van der Waals surface area contributed by atoms with Crippen LogP contribution in [-0.4, -0.2) is 45.8 Å². The number of nitriles is 1. The number of nitrogens with zero attached hydrogens (tertiary/aromatic N) is 4. The molecule has 1 aromatic carbocycles. The number of rotatable bonds is 6. The van der Waals surface area contributed by atoms with Gasteiger partial charge in [0.25, 0.3) is 0 Å². The van der Waals surface area contributed by atoms with Gasteiger partial charge in [-0.15, -0.1) is 0 Å². The number of carbonyl (C=O) groups is 1. The molecule has 27 heavy (non-hydrogen) atoms. The lowest BCUT2D eigenvalue weighted by Crippen LogP contribution is -2.50. The van der Waals surface area contributed by atoms with Crippen molar-refractivity contribution in [3.63, 3.8) is 0 Å². The number of imidazole rings is 1. The summed E-state index contributed by atoms with van der Waals surface area (Å²) in [5.74, 6) is 1.01. The molecule has 1 aromatic heterocycles. The van der Waals surface area contributed by atoms with E-state index in [1.165, 1.54) is 11.8 Å². The monoisotopic (exact) mass is 384 g/mol. The Bertz CT molecular complexity index is 819. The van der Waals surface area contributed by atoms with Crippen LogP contribution in [0.1, 0.15) is 32.1 Å². The molecule has 3 rings (SSSR count). The fourth-order valence-corrected chi connectivity index (χ4v) is 4.34. The highest BCUT2D eigenvalue weighted by atomic mass is 32.2. The molecule has 0 aliphatic heterocycles. The van der Waals surface area contributed by atoms with Crippen LogP contribution in [0.25, 0.3) is 5.69 Å². The number of methoxy groups -OCH3 is 1. The van der Waals surface area contributed by atoms with Crippen LogP contribution in [0.15, 0.2) is 41.8 Å². The Morgan fingerprint density at radius 1 is 1.33 bits per heavy atom. The van der Waals surface area contributed by atoms with Gasteiger partial charge in [0.15, 0.2) is 5.16 Å². The van der Waals surface area contributed by atoms with Crippen molar-refractivity contribution in [2.45, 2.75) is 42.8 Å². The van der Waals surface area contributed by atoms with Gasteiger partial charge < -0.3 is 9.64 Å². The quantitative estimate of drug-likeness (QED) is 0.711. The maximum atomic E-state index is 12.7. The molecule has 2 aromatic rings. The third-order valence-electron chi connectivity index (χ3n) is 5.19. The minimum Gasteiger partial charge on any atom is -0.497 e. The smallest absolute Gasteiger partial charge is 0.234 e. The topological polar surface area (TPSA) is 71.2 Å². The first-order valence-corrected chi connectivity index (χ1v) is 10.1. The minimum atomic E-state index is -0.651. The molecule has 1 aliphatic carbocycles. The highest BCUT2D eigenvalue weighted by Gasteiger charge is 2.38. The van der Waals surface area contributed by atoms with Crippen LogP contribution in [0, 0.1) is 11.3 Å². The molecule has 0 radical (unpaired) electrons. The van der Waals surface area contributed by atoms with Crippen LogP contribution in [0.4, 0.5) is 0 Å². The van der Waals surface area contributed by atoms with E-state index in [1.807, 2.05) is 35.0 Å². The molecule has 7 heteroatoms. The van der Waals surface area contributed by atoms with Gasteiger partial charge in [0.2, 0.25) is 5.91 Å². The zero-order valence-electron chi connectivity index (χ0n) is 15.7. The molecule has 0 bridgehead atoms. The lowest BCUT2D eigenvalue weighted by Gasteiger charge is -2.39. The predicted octanol–water partition coefficient (Wildman–Crippen LogP) is 3.66. The molecular weight excluding hydrogens is 360 g/mol. The largest absolute Gasteiger partial charge is 0.497 e. The molecule has 1 fully saturated rings. The molecule has 0 unspecified atom stereocenters. The number of carbonyl (C=O) groups excluding carboxylic acids is 1. The van der Waals surface area contributed by atoms with Crippen LogP contribution in [0.2, 0.25) is 0 Å². The summed E-state index contributed by atoms with van der Waals surface area (Å²) < 4.78 is 7.14. The van der Waals surface area contributed by atoms with Crippen molar-refractivity contribution in [2.24, 2.45) is 0 Å². The van der Waals surface area contributed by atoms with E-state index < -0.39 is 5.54 Å². The number of benzene rings is 1. The van der Waals surface area contributed by atoms with Crippen molar-refractivity contribution in [3.05, 3.63) is 36.7 Å². The van der Waals surface area contributed by atoms with E-state index in [0.29, 0.717) is 0 Å². The zero-order valence-corrected chi connectivity index (χ0v) is 16.5. The van der Waals surface area contributed by atoms with Gasteiger partial charge in [0.05, 0.1) is 18.9 Å². The number of thioether (sulfide) groups is 1. The fourth-order valence-electron chi connectivity index (χ4n) is 3.46. The van der Waals surface area contributed by atoms with E-state index in [4.69, 9.17) is 4.74 Å². The highest BCUT2D eigenvalue weighted by Crippen LogP contribution is 2.33. The summed E-state index contributed by atoms with van der Waals surface area (Å²) in [7, 11) is 3.39. The summed E-state index contributed by atoms with van der Waals surface area (Å²) in [4.78, 5) is 18.8. The third-order valence-corrected chi connectivity index (χ3v) is 6.14. The van der Waals surface area contributed by atoms with Gasteiger partial charge in [-0.05, 0) is 37.1 Å². The molecule has 1 aliphatic rings. The SMILES string of the molecule is COc1ccc(-n2ccnc2SCC(=O)N(C)C2(C#N)CCCCC2)cc1. The van der Waals surface area contributed by atoms with Crippen LogP contribution in [-0.2, 0) is 4.79 Å². The Hall–Kier alpha value is -2.46. The van der Waals surface area contributed by atoms with Gasteiger partial charge in [-0.1, -0.05) is 31.0 Å². The van der Waals surface area contributed by atoms with Crippen LogP contribution in [0.3, 0.4) is 0 Å². The maximum Gasteiger partial charge on any atom is 0.234 e. The van der Waals surface area contributed by atoms with Gasteiger partial charge in [0.1, 0.15) is 11.3 Å². The van der Waals surface area contributed by atoms with E-state index in [1.54, 1.807) is 25.3 Å². The number of aromatic nitrogens is 2. The fraction of sp³-hybridized carbons (Fsp3) is 0.450. The van der Waals surface area contributed by atoms with E-state index >= 15 is 0 Å². The van der Waals surface area contributed by atoms with Crippen LogP contribution in [0.5, 0.6) is 5.75 Å². The van der Waals surface area contributed by atoms with Gasteiger partial charge in [0, 0.05) is 25.1 Å². The van der Waals surface area contributed by atoms with Gasteiger partial charge in [-0.25, -0.2) is 4.98 Å². The molecule has 1 heterocycles. The first-order valence-electron chi connectivity index (χ1n) is 9.08. The minimum absolute atomic E-state index is 0.0345. The first kappa shape index (κ1) is 19.3. The van der Waals surface area contributed by atoms with Gasteiger partial charge >= 0.3 is 0 Å². The van der Waals surface area contributed by atoms with Crippen molar-refractivity contribution in [3.8, 4) is 17.5 Å². The Kier molecular flexibility index (Phi) is 6.07. The van der Waals surface area contributed by atoms with Gasteiger partial charge in [-0.3, -0.25) is 9.36 Å². The van der Waals surface area contributed by atoms with E-state index in [-0.39, 0.29) is 11.7 Å². The summed E-state index contributed by atoms with van der Waals surface area (Å²) in [6.45, 7) is 0. The molecule has 1 saturated carbocycles. The second-order valence-corrected chi connectivity index (χ2v) is 7.67. The molecule has 6 nitrogen and oxygen atoms in total. The Morgan fingerprint density at radius 2 is 2.04 bits per heavy atom. The standard InChI is InChI=1S/C20H24N4O2S/c1-23(20(15-21)10-4-3-5-11-20)18(25)14-27-19-22-12-13-24(19)16-6-8-17(26-2)9-7-16/h6-9,12-13H,3-5,10-11,14H2,1-2H3. The summed E-state index contributed by atoms with van der Waals surface area (Å²) in [5, 5.41) is 10.4. The average molecular weight is 385 g/mol. The second-order valence-electron chi connectivity index (χ2n) is 6.72. The van der Waals surface area contributed by atoms with Crippen LogP contribution >= 0.6 is 11.8 Å². The molecule has 0 atom stereocenters. The normalized spacial score (nSPS) is 15.7. The molecule has 1 amide bonds. The van der Waals surface area contributed by atoms with E-state index in [2.05, 4.69) is 11.1 Å². The number of amides is 1. The summed E-state index contributed by atoms with van der Waals surface area (Å²) in [6.07, 6.45) is 8.25. The predicted molar refractivity (Wildman–Crippen MR) is 105 cm³/mol. The molecule has 142 valence electrons. The Labute approximate surface area is 164 Å². The van der Waals surface area contributed by atoms with E-state index in [0.717, 1.165) is 48.7 Å². The van der Waals surface area contributed by atoms with E-state index in [9.17, 15) is 10.1 Å². The average Bonchev–Trinajstić information content (AvgIpc) is 3.20. The van der Waals surface area contributed by atoms with Crippen molar-refractivity contribution in [2.75, 3.05) is 19.9 Å². The third kappa shape index (κ3) is 4.11. The second kappa shape index (κ2) is 8.49. The lowest BCUT2D eigenvalue weighted by molar-refractivity contribution is -0.131.